The van der Waals surface area contributed by atoms with E-state index in [-0.39, 0.29) is 11.8 Å². The molecule has 0 unspecified atom stereocenters. The molecule has 2 aromatic carbocycles. The highest BCUT2D eigenvalue weighted by Gasteiger charge is 2.18. The molecule has 0 saturated heterocycles. The number of carbonyl (C=O) groups is 2. The van der Waals surface area contributed by atoms with E-state index in [1.165, 1.54) is 20.4 Å². The van der Waals surface area contributed by atoms with E-state index in [9.17, 15) is 9.59 Å². The Balaban J connectivity index is 1.91. The third-order valence-corrected chi connectivity index (χ3v) is 4.20. The molecule has 0 atom stereocenters. The maximum Gasteiger partial charge on any atom is 0.259 e. The summed E-state index contributed by atoms with van der Waals surface area (Å²) < 4.78 is 6.86. The van der Waals surface area contributed by atoms with Gasteiger partial charge in [0.15, 0.2) is 0 Å². The van der Waals surface area contributed by atoms with Gasteiger partial charge in [-0.2, -0.15) is 5.10 Å². The minimum absolute atomic E-state index is 0.318. The van der Waals surface area contributed by atoms with Crippen LogP contribution in [0.3, 0.4) is 0 Å². The Hall–Kier alpha value is -3.61. The van der Waals surface area contributed by atoms with Crippen LogP contribution in [0, 0.1) is 6.92 Å². The van der Waals surface area contributed by atoms with E-state index in [4.69, 9.17) is 4.74 Å². The van der Waals surface area contributed by atoms with Crippen LogP contribution in [0.1, 0.15) is 26.4 Å². The van der Waals surface area contributed by atoms with Crippen LogP contribution in [0.15, 0.2) is 54.7 Å². The Morgan fingerprint density at radius 3 is 2.44 bits per heavy atom. The zero-order chi connectivity index (χ0) is 19.4. The van der Waals surface area contributed by atoms with Crippen LogP contribution in [0.25, 0.3) is 5.69 Å². The van der Waals surface area contributed by atoms with Crippen molar-refractivity contribution in [3.05, 3.63) is 71.5 Å². The van der Waals surface area contributed by atoms with Crippen molar-refractivity contribution in [2.75, 3.05) is 19.5 Å². The number of rotatable bonds is 5. The van der Waals surface area contributed by atoms with E-state index in [1.54, 1.807) is 22.9 Å². The molecule has 2 N–H and O–H groups in total. The van der Waals surface area contributed by atoms with Crippen LogP contribution in [-0.4, -0.2) is 35.8 Å². The molecule has 0 aliphatic carbocycles. The number of carbonyl (C=O) groups excluding carboxylic acids is 2. The number of nitrogens with zero attached hydrogens (tertiary/aromatic N) is 2. The van der Waals surface area contributed by atoms with Crippen LogP contribution in [0.2, 0.25) is 0 Å². The Labute approximate surface area is 157 Å². The summed E-state index contributed by atoms with van der Waals surface area (Å²) in [7, 11) is 3.05. The first-order chi connectivity index (χ1) is 13.0. The lowest BCUT2D eigenvalue weighted by Gasteiger charge is -2.12. The number of anilines is 1. The first-order valence-electron chi connectivity index (χ1n) is 8.36. The number of amides is 2. The van der Waals surface area contributed by atoms with Crippen molar-refractivity contribution in [3.8, 4) is 11.4 Å². The predicted molar refractivity (Wildman–Crippen MR) is 103 cm³/mol. The van der Waals surface area contributed by atoms with Crippen molar-refractivity contribution in [3.63, 3.8) is 0 Å². The number of ether oxygens (including phenoxy) is 1. The smallest absolute Gasteiger partial charge is 0.259 e. The molecule has 138 valence electrons. The van der Waals surface area contributed by atoms with Crippen molar-refractivity contribution < 1.29 is 14.3 Å². The summed E-state index contributed by atoms with van der Waals surface area (Å²) in [5.41, 5.74) is 2.71. The Morgan fingerprint density at radius 2 is 1.78 bits per heavy atom. The minimum Gasteiger partial charge on any atom is -0.497 e. The van der Waals surface area contributed by atoms with Gasteiger partial charge in [0.1, 0.15) is 5.75 Å². The molecule has 2 amide bonds. The molecule has 1 heterocycles. The van der Waals surface area contributed by atoms with Crippen LogP contribution in [0.4, 0.5) is 5.69 Å². The molecule has 0 radical (unpaired) electrons. The second-order valence-corrected chi connectivity index (χ2v) is 5.84. The van der Waals surface area contributed by atoms with Gasteiger partial charge >= 0.3 is 0 Å². The SMILES string of the molecule is CNC(=O)c1cc(OC)ccc1NC(=O)c1cnn(-c2ccccc2)c1C. The molecule has 0 fully saturated rings. The fourth-order valence-electron chi connectivity index (χ4n) is 2.73. The molecule has 1 aromatic heterocycles. The lowest BCUT2D eigenvalue weighted by Crippen LogP contribution is -2.22. The van der Waals surface area contributed by atoms with Gasteiger partial charge in [0, 0.05) is 7.05 Å². The van der Waals surface area contributed by atoms with Gasteiger partial charge in [-0.25, -0.2) is 4.68 Å². The van der Waals surface area contributed by atoms with Crippen molar-refractivity contribution in [2.45, 2.75) is 6.92 Å². The molecule has 7 nitrogen and oxygen atoms in total. The first-order valence-corrected chi connectivity index (χ1v) is 8.36. The second kappa shape index (κ2) is 7.74. The highest BCUT2D eigenvalue weighted by atomic mass is 16.5. The van der Waals surface area contributed by atoms with E-state index < -0.39 is 0 Å². The summed E-state index contributed by atoms with van der Waals surface area (Å²) >= 11 is 0. The van der Waals surface area contributed by atoms with Gasteiger partial charge in [-0.05, 0) is 37.3 Å². The average molecular weight is 364 g/mol. The third kappa shape index (κ3) is 3.67. The van der Waals surface area contributed by atoms with E-state index >= 15 is 0 Å². The van der Waals surface area contributed by atoms with Gasteiger partial charge in [-0.1, -0.05) is 18.2 Å². The van der Waals surface area contributed by atoms with E-state index in [0.29, 0.717) is 28.3 Å². The Bertz CT molecular complexity index is 980. The van der Waals surface area contributed by atoms with Crippen LogP contribution in [0.5, 0.6) is 5.75 Å². The van der Waals surface area contributed by atoms with Crippen molar-refractivity contribution >= 4 is 17.5 Å². The van der Waals surface area contributed by atoms with E-state index in [2.05, 4.69) is 15.7 Å². The number of benzene rings is 2. The quantitative estimate of drug-likeness (QED) is 0.729. The fourth-order valence-corrected chi connectivity index (χ4v) is 2.73. The Kier molecular flexibility index (Phi) is 5.21. The standard InChI is InChI=1S/C20H20N4O3/c1-13-17(12-22-24(13)14-7-5-4-6-8-14)20(26)23-18-10-9-15(27-3)11-16(18)19(25)21-2/h4-12H,1-3H3,(H,21,25)(H,23,26). The second-order valence-electron chi connectivity index (χ2n) is 5.84. The number of nitrogens with one attached hydrogen (secondary N) is 2. The average Bonchev–Trinajstić information content (AvgIpc) is 3.09. The fraction of sp³-hybridized carbons (Fsp3) is 0.150. The number of para-hydroxylation sites is 1. The van der Waals surface area contributed by atoms with Gasteiger partial charge < -0.3 is 15.4 Å². The normalized spacial score (nSPS) is 10.3. The largest absolute Gasteiger partial charge is 0.497 e. The van der Waals surface area contributed by atoms with Crippen molar-refractivity contribution in [1.82, 2.24) is 15.1 Å². The Morgan fingerprint density at radius 1 is 1.04 bits per heavy atom. The predicted octanol–water partition coefficient (Wildman–Crippen LogP) is 2.80. The number of methoxy groups -OCH3 is 1. The summed E-state index contributed by atoms with van der Waals surface area (Å²) in [6, 6.07) is 14.4. The molecule has 27 heavy (non-hydrogen) atoms. The van der Waals surface area contributed by atoms with Crippen molar-refractivity contribution in [2.24, 2.45) is 0 Å². The maximum atomic E-state index is 12.8. The summed E-state index contributed by atoms with van der Waals surface area (Å²) in [4.78, 5) is 24.9. The summed E-state index contributed by atoms with van der Waals surface area (Å²) in [5.74, 6) is -0.134. The number of hydrogen-bond acceptors (Lipinski definition) is 4. The highest BCUT2D eigenvalue weighted by Crippen LogP contribution is 2.23. The zero-order valence-electron chi connectivity index (χ0n) is 15.3. The van der Waals surface area contributed by atoms with Gasteiger partial charge in [0.05, 0.1) is 41.5 Å². The molecular weight excluding hydrogens is 344 g/mol. The van der Waals surface area contributed by atoms with E-state index in [1.807, 2.05) is 37.3 Å². The van der Waals surface area contributed by atoms with Crippen LogP contribution < -0.4 is 15.4 Å². The summed E-state index contributed by atoms with van der Waals surface area (Å²) in [6.07, 6.45) is 1.51. The third-order valence-electron chi connectivity index (χ3n) is 4.20. The lowest BCUT2D eigenvalue weighted by atomic mass is 10.1. The molecule has 0 aliphatic rings. The number of aromatic nitrogens is 2. The first kappa shape index (κ1) is 18.2. The zero-order valence-corrected chi connectivity index (χ0v) is 15.3. The lowest BCUT2D eigenvalue weighted by molar-refractivity contribution is 0.0963. The van der Waals surface area contributed by atoms with Gasteiger partial charge in [-0.15, -0.1) is 0 Å². The summed E-state index contributed by atoms with van der Waals surface area (Å²) in [5, 5.41) is 9.66. The van der Waals surface area contributed by atoms with Gasteiger partial charge in [0.25, 0.3) is 11.8 Å². The minimum atomic E-state index is -0.343. The van der Waals surface area contributed by atoms with Crippen molar-refractivity contribution in [1.29, 1.82) is 0 Å². The highest BCUT2D eigenvalue weighted by molar-refractivity contribution is 6.09. The molecule has 3 rings (SSSR count). The van der Waals surface area contributed by atoms with Gasteiger partial charge in [-0.3, -0.25) is 9.59 Å². The molecular formula is C20H20N4O3. The van der Waals surface area contributed by atoms with E-state index in [0.717, 1.165) is 5.69 Å². The van der Waals surface area contributed by atoms with Gasteiger partial charge in [0.2, 0.25) is 0 Å². The van der Waals surface area contributed by atoms with Crippen LogP contribution >= 0.6 is 0 Å². The molecule has 0 spiro atoms. The molecule has 3 aromatic rings. The molecule has 0 saturated carbocycles. The maximum absolute atomic E-state index is 12.8. The van der Waals surface area contributed by atoms with Crippen LogP contribution in [-0.2, 0) is 0 Å². The topological polar surface area (TPSA) is 85.2 Å². The molecule has 7 heteroatoms. The molecule has 0 bridgehead atoms. The molecule has 0 aliphatic heterocycles. The summed E-state index contributed by atoms with van der Waals surface area (Å²) in [6.45, 7) is 1.82. The monoisotopic (exact) mass is 364 g/mol. The number of hydrogen-bond donors (Lipinski definition) is 2.